The molecular weight excluding hydrogens is 214 g/mol. The van der Waals surface area contributed by atoms with Gasteiger partial charge in [-0.2, -0.15) is 10.2 Å². The van der Waals surface area contributed by atoms with Gasteiger partial charge in [0.25, 0.3) is 0 Å². The predicted molar refractivity (Wildman–Crippen MR) is 66.9 cm³/mol. The molecule has 1 aromatic heterocycles. The van der Waals surface area contributed by atoms with Crippen LogP contribution in [0.15, 0.2) is 6.07 Å². The van der Waals surface area contributed by atoms with Crippen molar-refractivity contribution in [2.24, 2.45) is 0 Å². The third-order valence-corrected chi connectivity index (χ3v) is 2.81. The highest BCUT2D eigenvalue weighted by Crippen LogP contribution is 2.31. The van der Waals surface area contributed by atoms with Crippen LogP contribution in [0, 0.1) is 18.3 Å². The Morgan fingerprint density at radius 2 is 2.29 bits per heavy atom. The van der Waals surface area contributed by atoms with Crippen molar-refractivity contribution in [2.45, 2.75) is 32.2 Å². The van der Waals surface area contributed by atoms with Crippen molar-refractivity contribution < 1.29 is 0 Å². The second-order valence-corrected chi connectivity index (χ2v) is 4.27. The quantitative estimate of drug-likeness (QED) is 0.835. The van der Waals surface area contributed by atoms with E-state index < -0.39 is 0 Å². The Labute approximate surface area is 101 Å². The molecule has 0 spiro atoms. The average Bonchev–Trinajstić information content (AvgIpc) is 3.13. The van der Waals surface area contributed by atoms with Crippen molar-refractivity contribution in [3.8, 4) is 6.07 Å². The van der Waals surface area contributed by atoms with Crippen molar-refractivity contribution in [2.75, 3.05) is 23.8 Å². The van der Waals surface area contributed by atoms with Gasteiger partial charge in [-0.05, 0) is 19.8 Å². The fourth-order valence-electron chi connectivity index (χ4n) is 1.85. The first-order valence-corrected chi connectivity index (χ1v) is 5.91. The zero-order valence-electron chi connectivity index (χ0n) is 10.3. The number of nitriles is 1. The molecule has 0 bridgehead atoms. The Bertz CT molecular complexity index is 433. The van der Waals surface area contributed by atoms with Gasteiger partial charge in [0.2, 0.25) is 5.95 Å². The van der Waals surface area contributed by atoms with E-state index in [2.05, 4.69) is 26.3 Å². The highest BCUT2D eigenvalue weighted by molar-refractivity contribution is 5.46. The molecule has 0 aliphatic heterocycles. The van der Waals surface area contributed by atoms with Gasteiger partial charge in [-0.25, -0.2) is 4.98 Å². The molecule has 1 aromatic rings. The molecule has 17 heavy (non-hydrogen) atoms. The van der Waals surface area contributed by atoms with Gasteiger partial charge in [-0.1, -0.05) is 0 Å². The number of aromatic nitrogens is 2. The fourth-order valence-corrected chi connectivity index (χ4v) is 1.85. The molecule has 0 atom stereocenters. The SMILES string of the molecule is CNc1nc(C)cc(N(CCC#N)C2CC2)n1. The summed E-state index contributed by atoms with van der Waals surface area (Å²) in [4.78, 5) is 11.0. The zero-order chi connectivity index (χ0) is 12.3. The summed E-state index contributed by atoms with van der Waals surface area (Å²) in [5, 5.41) is 11.7. The van der Waals surface area contributed by atoms with Crippen LogP contribution >= 0.6 is 0 Å². The van der Waals surface area contributed by atoms with Gasteiger partial charge in [-0.3, -0.25) is 0 Å². The van der Waals surface area contributed by atoms with Crippen LogP contribution in [-0.2, 0) is 0 Å². The van der Waals surface area contributed by atoms with Crippen molar-refractivity contribution in [1.29, 1.82) is 5.26 Å². The van der Waals surface area contributed by atoms with E-state index in [9.17, 15) is 0 Å². The lowest BCUT2D eigenvalue weighted by molar-refractivity contribution is 0.775. The lowest BCUT2D eigenvalue weighted by Crippen LogP contribution is -2.28. The van der Waals surface area contributed by atoms with Gasteiger partial charge in [0.05, 0.1) is 12.5 Å². The third-order valence-electron chi connectivity index (χ3n) is 2.81. The molecular formula is C12H17N5. The highest BCUT2D eigenvalue weighted by Gasteiger charge is 2.30. The van der Waals surface area contributed by atoms with E-state index in [0.717, 1.165) is 18.1 Å². The van der Waals surface area contributed by atoms with E-state index in [1.54, 1.807) is 0 Å². The number of rotatable bonds is 5. The molecule has 1 N–H and O–H groups in total. The summed E-state index contributed by atoms with van der Waals surface area (Å²) in [6, 6.07) is 4.73. The number of hydrogen-bond acceptors (Lipinski definition) is 5. The van der Waals surface area contributed by atoms with Gasteiger partial charge in [-0.15, -0.1) is 0 Å². The maximum absolute atomic E-state index is 8.70. The van der Waals surface area contributed by atoms with Crippen LogP contribution in [0.5, 0.6) is 0 Å². The van der Waals surface area contributed by atoms with Crippen LogP contribution < -0.4 is 10.2 Å². The largest absolute Gasteiger partial charge is 0.357 e. The van der Waals surface area contributed by atoms with Gasteiger partial charge in [0.1, 0.15) is 5.82 Å². The second-order valence-electron chi connectivity index (χ2n) is 4.27. The molecule has 0 unspecified atom stereocenters. The molecule has 0 aromatic carbocycles. The van der Waals surface area contributed by atoms with Crippen LogP contribution in [0.25, 0.3) is 0 Å². The van der Waals surface area contributed by atoms with Gasteiger partial charge < -0.3 is 10.2 Å². The van der Waals surface area contributed by atoms with Crippen molar-refractivity contribution in [1.82, 2.24) is 9.97 Å². The van der Waals surface area contributed by atoms with Crippen molar-refractivity contribution >= 4 is 11.8 Å². The number of nitrogens with zero attached hydrogens (tertiary/aromatic N) is 4. The topological polar surface area (TPSA) is 64.8 Å². The fraction of sp³-hybridized carbons (Fsp3) is 0.583. The molecule has 1 saturated carbocycles. The molecule has 5 nitrogen and oxygen atoms in total. The van der Waals surface area contributed by atoms with E-state index in [1.165, 1.54) is 12.8 Å². The predicted octanol–water partition coefficient (Wildman–Crippen LogP) is 1.71. The molecule has 1 heterocycles. The first-order chi connectivity index (χ1) is 8.24. The number of hydrogen-bond donors (Lipinski definition) is 1. The third kappa shape index (κ3) is 2.84. The number of anilines is 2. The maximum atomic E-state index is 8.70. The van der Waals surface area contributed by atoms with Crippen molar-refractivity contribution in [3.63, 3.8) is 0 Å². The van der Waals surface area contributed by atoms with E-state index in [1.807, 2.05) is 20.0 Å². The van der Waals surface area contributed by atoms with E-state index in [-0.39, 0.29) is 0 Å². The van der Waals surface area contributed by atoms with Gasteiger partial charge >= 0.3 is 0 Å². The van der Waals surface area contributed by atoms with E-state index in [0.29, 0.717) is 18.4 Å². The van der Waals surface area contributed by atoms with Crippen molar-refractivity contribution in [3.05, 3.63) is 11.8 Å². The van der Waals surface area contributed by atoms with E-state index >= 15 is 0 Å². The van der Waals surface area contributed by atoms with Gasteiger partial charge in [0, 0.05) is 31.4 Å². The first kappa shape index (κ1) is 11.6. The summed E-state index contributed by atoms with van der Waals surface area (Å²) in [6.45, 7) is 2.71. The smallest absolute Gasteiger partial charge is 0.224 e. The molecule has 5 heteroatoms. The summed E-state index contributed by atoms with van der Waals surface area (Å²) in [5.74, 6) is 1.57. The molecule has 90 valence electrons. The monoisotopic (exact) mass is 231 g/mol. The van der Waals surface area contributed by atoms with Crippen LogP contribution in [0.1, 0.15) is 25.0 Å². The standard InChI is InChI=1S/C12H17N5/c1-9-8-11(16-12(14-2)15-9)17(7-3-6-13)10-4-5-10/h8,10H,3-5,7H2,1-2H3,(H,14,15,16). The summed E-state index contributed by atoms with van der Waals surface area (Å²) in [7, 11) is 1.81. The van der Waals surface area contributed by atoms with Crippen LogP contribution in [0.2, 0.25) is 0 Å². The zero-order valence-corrected chi connectivity index (χ0v) is 10.3. The Morgan fingerprint density at radius 3 is 2.88 bits per heavy atom. The summed E-state index contributed by atoms with van der Waals surface area (Å²) < 4.78 is 0. The first-order valence-electron chi connectivity index (χ1n) is 5.91. The minimum absolute atomic E-state index is 0.536. The Hall–Kier alpha value is -1.83. The second kappa shape index (κ2) is 5.00. The van der Waals surface area contributed by atoms with Gasteiger partial charge in [0.15, 0.2) is 0 Å². The number of nitrogens with one attached hydrogen (secondary N) is 1. The lowest BCUT2D eigenvalue weighted by Gasteiger charge is -2.22. The number of aryl methyl sites for hydroxylation is 1. The summed E-state index contributed by atoms with van der Waals surface area (Å²) in [6.07, 6.45) is 2.93. The molecule has 0 saturated heterocycles. The minimum atomic E-state index is 0.536. The molecule has 1 aliphatic rings. The Balaban J connectivity index is 2.22. The minimum Gasteiger partial charge on any atom is -0.357 e. The van der Waals surface area contributed by atoms with Crippen LogP contribution in [0.3, 0.4) is 0 Å². The Kier molecular flexibility index (Phi) is 3.43. The lowest BCUT2D eigenvalue weighted by atomic mass is 10.3. The average molecular weight is 231 g/mol. The molecule has 0 radical (unpaired) electrons. The van der Waals surface area contributed by atoms with Crippen LogP contribution in [0.4, 0.5) is 11.8 Å². The Morgan fingerprint density at radius 1 is 1.53 bits per heavy atom. The molecule has 1 aliphatic carbocycles. The van der Waals surface area contributed by atoms with E-state index in [4.69, 9.17) is 5.26 Å². The van der Waals surface area contributed by atoms with Crippen LogP contribution in [-0.4, -0.2) is 29.6 Å². The highest BCUT2D eigenvalue weighted by atomic mass is 15.3. The maximum Gasteiger partial charge on any atom is 0.224 e. The summed E-state index contributed by atoms with van der Waals surface area (Å²) >= 11 is 0. The molecule has 1 fully saturated rings. The molecule has 2 rings (SSSR count). The molecule has 0 amide bonds. The summed E-state index contributed by atoms with van der Waals surface area (Å²) in [5.41, 5.74) is 0.946. The normalized spacial score (nSPS) is 14.2.